The van der Waals surface area contributed by atoms with Gasteiger partial charge >= 0.3 is 0 Å². The van der Waals surface area contributed by atoms with Gasteiger partial charge < -0.3 is 14.6 Å². The maximum absolute atomic E-state index is 12.5. The van der Waals surface area contributed by atoms with Crippen molar-refractivity contribution in [2.45, 2.75) is 0 Å². The molecule has 34 heavy (non-hydrogen) atoms. The van der Waals surface area contributed by atoms with E-state index < -0.39 is 0 Å². The molecular weight excluding hydrogens is 446 g/mol. The number of ketones is 1. The highest BCUT2D eigenvalue weighted by molar-refractivity contribution is 7.21. The van der Waals surface area contributed by atoms with Gasteiger partial charge in [0, 0.05) is 17.2 Å². The molecule has 0 aliphatic carbocycles. The van der Waals surface area contributed by atoms with E-state index in [1.807, 2.05) is 48.5 Å². The highest BCUT2D eigenvalue weighted by Gasteiger charge is 2.14. The first kappa shape index (κ1) is 21.7. The highest BCUT2D eigenvalue weighted by atomic mass is 32.1. The van der Waals surface area contributed by atoms with Gasteiger partial charge in [-0.2, -0.15) is 0 Å². The summed E-state index contributed by atoms with van der Waals surface area (Å²) < 4.78 is 12.6. The van der Waals surface area contributed by atoms with Gasteiger partial charge in [-0.05, 0) is 48.5 Å². The van der Waals surface area contributed by atoms with Crippen molar-refractivity contribution in [3.63, 3.8) is 0 Å². The van der Waals surface area contributed by atoms with E-state index in [0.717, 1.165) is 21.8 Å². The van der Waals surface area contributed by atoms with E-state index in [1.54, 1.807) is 47.7 Å². The number of hydrogen-bond acceptors (Lipinski definition) is 6. The van der Waals surface area contributed by atoms with Crippen LogP contribution in [0, 0.1) is 0 Å². The molecule has 5 nitrogen and oxygen atoms in total. The van der Waals surface area contributed by atoms with Crippen LogP contribution in [0.1, 0.15) is 15.9 Å². The lowest BCUT2D eigenvalue weighted by atomic mass is 10.0. The SMILES string of the molecule is O=C(c1ccccc1)c1ccc(OCCOc2ccc(-c3nc4ccccc4s3)cc2)cc1O. The third-order valence-corrected chi connectivity index (χ3v) is 6.35. The first-order valence-electron chi connectivity index (χ1n) is 10.8. The summed E-state index contributed by atoms with van der Waals surface area (Å²) in [5.41, 5.74) is 2.81. The molecule has 0 saturated carbocycles. The highest BCUT2D eigenvalue weighted by Crippen LogP contribution is 2.31. The van der Waals surface area contributed by atoms with Crippen molar-refractivity contribution in [3.8, 4) is 27.8 Å². The number of phenolic OH excluding ortho intramolecular Hbond substituents is 1. The number of ether oxygens (including phenoxy) is 2. The predicted octanol–water partition coefficient (Wildman–Crippen LogP) is 6.36. The van der Waals surface area contributed by atoms with Gasteiger partial charge in [0.2, 0.25) is 0 Å². The average molecular weight is 468 g/mol. The molecule has 168 valence electrons. The van der Waals surface area contributed by atoms with Crippen LogP contribution in [0.2, 0.25) is 0 Å². The van der Waals surface area contributed by atoms with E-state index in [4.69, 9.17) is 9.47 Å². The van der Waals surface area contributed by atoms with Crippen molar-refractivity contribution < 1.29 is 19.4 Å². The van der Waals surface area contributed by atoms with Crippen molar-refractivity contribution in [3.05, 3.63) is 108 Å². The van der Waals surface area contributed by atoms with Crippen LogP contribution in [0.5, 0.6) is 17.2 Å². The Bertz CT molecular complexity index is 1400. The molecule has 5 rings (SSSR count). The summed E-state index contributed by atoms with van der Waals surface area (Å²) in [6.07, 6.45) is 0. The molecular formula is C28H21NO4S. The number of nitrogens with zero attached hydrogens (tertiary/aromatic N) is 1. The lowest BCUT2D eigenvalue weighted by Crippen LogP contribution is -2.09. The Hall–Kier alpha value is -4.16. The van der Waals surface area contributed by atoms with Gasteiger partial charge in [0.05, 0.1) is 15.8 Å². The lowest BCUT2D eigenvalue weighted by molar-refractivity contribution is 0.103. The third-order valence-electron chi connectivity index (χ3n) is 5.27. The minimum atomic E-state index is -0.234. The molecule has 1 aromatic heterocycles. The Morgan fingerprint density at radius 1 is 0.794 bits per heavy atom. The second-order valence-electron chi connectivity index (χ2n) is 7.58. The second kappa shape index (κ2) is 9.77. The monoisotopic (exact) mass is 467 g/mol. The topological polar surface area (TPSA) is 68.7 Å². The summed E-state index contributed by atoms with van der Waals surface area (Å²) in [5, 5.41) is 11.3. The fourth-order valence-electron chi connectivity index (χ4n) is 3.55. The van der Waals surface area contributed by atoms with Gasteiger partial charge in [0.15, 0.2) is 5.78 Å². The predicted molar refractivity (Wildman–Crippen MR) is 134 cm³/mol. The van der Waals surface area contributed by atoms with Gasteiger partial charge in [-0.15, -0.1) is 11.3 Å². The number of carbonyl (C=O) groups is 1. The first-order valence-corrected chi connectivity index (χ1v) is 11.6. The molecule has 6 heteroatoms. The minimum Gasteiger partial charge on any atom is -0.507 e. The fraction of sp³-hybridized carbons (Fsp3) is 0.0714. The van der Waals surface area contributed by atoms with Gasteiger partial charge in [0.1, 0.15) is 35.5 Å². The van der Waals surface area contributed by atoms with Crippen LogP contribution in [0.15, 0.2) is 97.1 Å². The summed E-state index contributed by atoms with van der Waals surface area (Å²) in [5.74, 6) is 0.858. The molecule has 4 aromatic carbocycles. The molecule has 0 saturated heterocycles. The molecule has 1 N–H and O–H groups in total. The molecule has 0 bridgehead atoms. The number of hydrogen-bond donors (Lipinski definition) is 1. The smallest absolute Gasteiger partial charge is 0.196 e. The van der Waals surface area contributed by atoms with Crippen LogP contribution < -0.4 is 9.47 Å². The van der Waals surface area contributed by atoms with E-state index in [9.17, 15) is 9.90 Å². The maximum Gasteiger partial charge on any atom is 0.196 e. The number of carbonyl (C=O) groups excluding carboxylic acids is 1. The van der Waals surface area contributed by atoms with Crippen LogP contribution in [0.4, 0.5) is 0 Å². The van der Waals surface area contributed by atoms with Gasteiger partial charge in [-0.3, -0.25) is 4.79 Å². The summed E-state index contributed by atoms with van der Waals surface area (Å²) in [6.45, 7) is 0.636. The molecule has 5 aromatic rings. The second-order valence-corrected chi connectivity index (χ2v) is 8.61. The maximum atomic E-state index is 12.5. The van der Waals surface area contributed by atoms with Crippen LogP contribution in [0.3, 0.4) is 0 Å². The van der Waals surface area contributed by atoms with E-state index >= 15 is 0 Å². The summed E-state index contributed by atoms with van der Waals surface area (Å²) in [4.78, 5) is 17.2. The number of para-hydroxylation sites is 1. The molecule has 0 fully saturated rings. The van der Waals surface area contributed by atoms with E-state index in [2.05, 4.69) is 11.1 Å². The Kier molecular flexibility index (Phi) is 6.23. The molecule has 1 heterocycles. The Morgan fingerprint density at radius 3 is 2.21 bits per heavy atom. The zero-order valence-electron chi connectivity index (χ0n) is 18.2. The molecule has 0 amide bonds. The number of fused-ring (bicyclic) bond motifs is 1. The zero-order chi connectivity index (χ0) is 23.3. The van der Waals surface area contributed by atoms with Crippen molar-refractivity contribution in [1.82, 2.24) is 4.98 Å². The van der Waals surface area contributed by atoms with Crippen molar-refractivity contribution >= 4 is 27.3 Å². The quantitative estimate of drug-likeness (QED) is 0.212. The van der Waals surface area contributed by atoms with Gasteiger partial charge in [-0.25, -0.2) is 4.98 Å². The Balaban J connectivity index is 1.14. The molecule has 0 unspecified atom stereocenters. The van der Waals surface area contributed by atoms with Gasteiger partial charge in [0.25, 0.3) is 0 Å². The summed E-state index contributed by atoms with van der Waals surface area (Å²) in [6, 6.07) is 29.4. The van der Waals surface area contributed by atoms with Gasteiger partial charge in [-0.1, -0.05) is 42.5 Å². The Labute approximate surface area is 200 Å². The number of aromatic hydroxyl groups is 1. The molecule has 0 atom stereocenters. The number of phenols is 1. The minimum absolute atomic E-state index is 0.113. The fourth-order valence-corrected chi connectivity index (χ4v) is 4.52. The normalized spacial score (nSPS) is 10.8. The van der Waals surface area contributed by atoms with Crippen LogP contribution in [0.25, 0.3) is 20.8 Å². The Morgan fingerprint density at radius 2 is 1.47 bits per heavy atom. The molecule has 0 aliphatic heterocycles. The zero-order valence-corrected chi connectivity index (χ0v) is 19.0. The number of benzene rings is 4. The standard InChI is InChI=1S/C28H21NO4S/c30-25-18-22(14-15-23(25)27(31)19-6-2-1-3-7-19)33-17-16-32-21-12-10-20(11-13-21)28-29-24-8-4-5-9-26(24)34-28/h1-15,18,30H,16-17H2. The summed E-state index contributed by atoms with van der Waals surface area (Å²) >= 11 is 1.66. The molecule has 0 radical (unpaired) electrons. The van der Waals surface area contributed by atoms with Crippen molar-refractivity contribution in [1.29, 1.82) is 0 Å². The molecule has 0 aliphatic rings. The first-order chi connectivity index (χ1) is 16.7. The lowest BCUT2D eigenvalue weighted by Gasteiger charge is -2.10. The number of rotatable bonds is 8. The largest absolute Gasteiger partial charge is 0.507 e. The average Bonchev–Trinajstić information content (AvgIpc) is 3.32. The van der Waals surface area contributed by atoms with Crippen molar-refractivity contribution in [2.24, 2.45) is 0 Å². The van der Waals surface area contributed by atoms with E-state index in [1.165, 1.54) is 10.8 Å². The number of aromatic nitrogens is 1. The van der Waals surface area contributed by atoms with Crippen LogP contribution in [-0.4, -0.2) is 29.1 Å². The molecule has 0 spiro atoms. The van der Waals surface area contributed by atoms with Crippen LogP contribution in [-0.2, 0) is 0 Å². The third kappa shape index (κ3) is 4.77. The van der Waals surface area contributed by atoms with Crippen LogP contribution >= 0.6 is 11.3 Å². The summed E-state index contributed by atoms with van der Waals surface area (Å²) in [7, 11) is 0. The van der Waals surface area contributed by atoms with Crippen molar-refractivity contribution in [2.75, 3.05) is 13.2 Å². The van der Waals surface area contributed by atoms with E-state index in [-0.39, 0.29) is 17.1 Å². The van der Waals surface area contributed by atoms with E-state index in [0.29, 0.717) is 24.5 Å². The number of thiazole rings is 1.